The Morgan fingerprint density at radius 2 is 2.32 bits per heavy atom. The first-order valence-corrected chi connectivity index (χ1v) is 7.85. The summed E-state index contributed by atoms with van der Waals surface area (Å²) in [7, 11) is 3.39. The topological polar surface area (TPSA) is 61.8 Å². The fraction of sp³-hybridized carbons (Fsp3) is 0.588. The Labute approximate surface area is 132 Å². The minimum absolute atomic E-state index is 0.0318. The fourth-order valence-electron chi connectivity index (χ4n) is 2.89. The number of likely N-dealkylation sites (N-methyl/N-ethyl adjacent to an activating group) is 1. The van der Waals surface area contributed by atoms with Crippen molar-refractivity contribution in [1.82, 2.24) is 10.2 Å². The summed E-state index contributed by atoms with van der Waals surface area (Å²) in [6, 6.07) is 5.89. The summed E-state index contributed by atoms with van der Waals surface area (Å²) in [4.78, 5) is 13.6. The maximum Gasteiger partial charge on any atom is 0.317 e. The van der Waals surface area contributed by atoms with E-state index in [2.05, 4.69) is 17.4 Å². The van der Waals surface area contributed by atoms with Crippen molar-refractivity contribution in [3.05, 3.63) is 29.3 Å². The van der Waals surface area contributed by atoms with Crippen molar-refractivity contribution in [1.29, 1.82) is 0 Å². The van der Waals surface area contributed by atoms with Gasteiger partial charge in [-0.25, -0.2) is 4.79 Å². The number of rotatable bonds is 5. The molecule has 1 aromatic carbocycles. The second-order valence-corrected chi connectivity index (χ2v) is 5.98. The number of fused-ring (bicyclic) bond motifs is 1. The molecule has 2 atom stereocenters. The van der Waals surface area contributed by atoms with E-state index in [1.165, 1.54) is 16.0 Å². The van der Waals surface area contributed by atoms with Crippen LogP contribution < -0.4 is 10.1 Å². The molecule has 0 aliphatic heterocycles. The number of aliphatic hydroxyl groups excluding tert-OH is 1. The molecule has 122 valence electrons. The molecule has 1 aliphatic carbocycles. The van der Waals surface area contributed by atoms with Crippen molar-refractivity contribution in [2.75, 3.05) is 27.3 Å². The maximum absolute atomic E-state index is 12.1. The first-order valence-electron chi connectivity index (χ1n) is 7.85. The van der Waals surface area contributed by atoms with Crippen LogP contribution in [-0.2, 0) is 6.42 Å². The number of aryl methyl sites for hydroxylation is 1. The summed E-state index contributed by atoms with van der Waals surface area (Å²) >= 11 is 0. The van der Waals surface area contributed by atoms with E-state index in [0.717, 1.165) is 25.0 Å². The Morgan fingerprint density at radius 1 is 1.55 bits per heavy atom. The minimum Gasteiger partial charge on any atom is -0.497 e. The Hall–Kier alpha value is -1.75. The molecule has 22 heavy (non-hydrogen) atoms. The molecule has 0 bridgehead atoms. The van der Waals surface area contributed by atoms with Crippen LogP contribution in [0.15, 0.2) is 18.2 Å². The van der Waals surface area contributed by atoms with Gasteiger partial charge in [0.2, 0.25) is 0 Å². The van der Waals surface area contributed by atoms with Crippen molar-refractivity contribution in [3.8, 4) is 5.75 Å². The van der Waals surface area contributed by atoms with Crippen LogP contribution in [0.25, 0.3) is 0 Å². The molecule has 2 N–H and O–H groups in total. The molecule has 5 heteroatoms. The van der Waals surface area contributed by atoms with Gasteiger partial charge < -0.3 is 20.1 Å². The van der Waals surface area contributed by atoms with Crippen LogP contribution >= 0.6 is 0 Å². The fourth-order valence-corrected chi connectivity index (χ4v) is 2.89. The van der Waals surface area contributed by atoms with Crippen molar-refractivity contribution in [3.63, 3.8) is 0 Å². The third-order valence-electron chi connectivity index (χ3n) is 4.53. The molecule has 1 aromatic rings. The van der Waals surface area contributed by atoms with Crippen LogP contribution in [0.5, 0.6) is 5.75 Å². The molecular weight excluding hydrogens is 280 g/mol. The minimum atomic E-state index is -0.178. The molecule has 2 rings (SSSR count). The lowest BCUT2D eigenvalue weighted by atomic mass is 9.82. The van der Waals surface area contributed by atoms with Crippen LogP contribution in [0.3, 0.4) is 0 Å². The molecule has 0 heterocycles. The van der Waals surface area contributed by atoms with Gasteiger partial charge in [-0.05, 0) is 49.4 Å². The molecule has 5 nitrogen and oxygen atoms in total. The van der Waals surface area contributed by atoms with Gasteiger partial charge in [-0.15, -0.1) is 0 Å². The number of hydrogen-bond acceptors (Lipinski definition) is 3. The number of nitrogens with zero attached hydrogens (tertiary/aromatic N) is 1. The highest BCUT2D eigenvalue weighted by Gasteiger charge is 2.22. The number of ether oxygens (including phenoxy) is 1. The molecule has 1 aliphatic rings. The second kappa shape index (κ2) is 7.49. The van der Waals surface area contributed by atoms with Crippen molar-refractivity contribution in [2.45, 2.75) is 38.1 Å². The molecule has 0 radical (unpaired) electrons. The van der Waals surface area contributed by atoms with E-state index in [4.69, 9.17) is 9.84 Å². The van der Waals surface area contributed by atoms with Gasteiger partial charge >= 0.3 is 6.03 Å². The smallest absolute Gasteiger partial charge is 0.317 e. The van der Waals surface area contributed by atoms with E-state index in [0.29, 0.717) is 12.5 Å². The van der Waals surface area contributed by atoms with Gasteiger partial charge in [0, 0.05) is 19.5 Å². The molecule has 0 saturated carbocycles. The number of urea groups is 1. The Bertz CT molecular complexity index is 519. The Morgan fingerprint density at radius 3 is 3.00 bits per heavy atom. The number of benzene rings is 1. The number of amides is 2. The van der Waals surface area contributed by atoms with Crippen molar-refractivity contribution < 1.29 is 14.6 Å². The third kappa shape index (κ3) is 3.71. The van der Waals surface area contributed by atoms with Gasteiger partial charge in [-0.1, -0.05) is 6.07 Å². The van der Waals surface area contributed by atoms with E-state index >= 15 is 0 Å². The van der Waals surface area contributed by atoms with E-state index < -0.39 is 0 Å². The lowest BCUT2D eigenvalue weighted by Gasteiger charge is -2.28. The Kier molecular flexibility index (Phi) is 5.66. The summed E-state index contributed by atoms with van der Waals surface area (Å²) < 4.78 is 5.28. The van der Waals surface area contributed by atoms with Gasteiger partial charge in [0.25, 0.3) is 0 Å². The van der Waals surface area contributed by atoms with Crippen LogP contribution in [0.4, 0.5) is 4.79 Å². The second-order valence-electron chi connectivity index (χ2n) is 5.98. The summed E-state index contributed by atoms with van der Waals surface area (Å²) in [5.74, 6) is 1.23. The summed E-state index contributed by atoms with van der Waals surface area (Å²) in [5.41, 5.74) is 2.63. The highest BCUT2D eigenvalue weighted by molar-refractivity contribution is 5.74. The lowest BCUT2D eigenvalue weighted by Crippen LogP contribution is -2.45. The number of carbonyl (C=O) groups excluding carboxylic acids is 1. The van der Waals surface area contributed by atoms with Gasteiger partial charge in [0.05, 0.1) is 19.8 Å². The number of nitrogens with one attached hydrogen (secondary N) is 1. The normalized spacial score (nSPS) is 18.3. The van der Waals surface area contributed by atoms with E-state index in [1.54, 1.807) is 14.2 Å². The van der Waals surface area contributed by atoms with Crippen molar-refractivity contribution in [2.24, 2.45) is 0 Å². The molecule has 0 spiro atoms. The van der Waals surface area contributed by atoms with Gasteiger partial charge in [-0.3, -0.25) is 0 Å². The third-order valence-corrected chi connectivity index (χ3v) is 4.53. The van der Waals surface area contributed by atoms with Gasteiger partial charge in [0.15, 0.2) is 0 Å². The largest absolute Gasteiger partial charge is 0.497 e. The summed E-state index contributed by atoms with van der Waals surface area (Å²) in [6.07, 6.45) is 3.28. The SMILES string of the molecule is COc1ccc2c(c1)CCC[C@@H]2CNC(=O)N(C)[C@H](C)CO. The highest BCUT2D eigenvalue weighted by atomic mass is 16.5. The monoisotopic (exact) mass is 306 g/mol. The predicted octanol–water partition coefficient (Wildman–Crippen LogP) is 2.14. The zero-order valence-corrected chi connectivity index (χ0v) is 13.6. The average Bonchev–Trinajstić information content (AvgIpc) is 2.57. The predicted molar refractivity (Wildman–Crippen MR) is 86.4 cm³/mol. The Balaban J connectivity index is 1.99. The van der Waals surface area contributed by atoms with E-state index in [1.807, 2.05) is 13.0 Å². The number of carbonyl (C=O) groups is 1. The number of aliphatic hydroxyl groups is 1. The molecule has 0 aromatic heterocycles. The van der Waals surface area contributed by atoms with Crippen LogP contribution in [0.2, 0.25) is 0 Å². The van der Waals surface area contributed by atoms with Crippen LogP contribution in [-0.4, -0.2) is 49.4 Å². The zero-order valence-electron chi connectivity index (χ0n) is 13.6. The standard InChI is InChI=1S/C17H26N2O3/c1-12(11-20)19(2)17(21)18-10-14-6-4-5-13-9-15(22-3)7-8-16(13)14/h7-9,12,14,20H,4-6,10-11H2,1-3H3,(H,18,21)/t12-,14-/m1/s1. The quantitative estimate of drug-likeness (QED) is 0.876. The maximum atomic E-state index is 12.1. The zero-order chi connectivity index (χ0) is 16.1. The summed E-state index contributed by atoms with van der Waals surface area (Å²) in [6.45, 7) is 2.42. The number of methoxy groups -OCH3 is 1. The lowest BCUT2D eigenvalue weighted by molar-refractivity contribution is 0.157. The van der Waals surface area contributed by atoms with Gasteiger partial charge in [0.1, 0.15) is 5.75 Å². The van der Waals surface area contributed by atoms with Crippen molar-refractivity contribution >= 4 is 6.03 Å². The average molecular weight is 306 g/mol. The van der Waals surface area contributed by atoms with E-state index in [-0.39, 0.29) is 18.7 Å². The molecule has 0 saturated heterocycles. The molecule has 2 amide bonds. The highest BCUT2D eigenvalue weighted by Crippen LogP contribution is 2.33. The number of hydrogen-bond donors (Lipinski definition) is 2. The molecule has 0 fully saturated rings. The van der Waals surface area contributed by atoms with Crippen LogP contribution in [0.1, 0.15) is 36.8 Å². The van der Waals surface area contributed by atoms with E-state index in [9.17, 15) is 4.79 Å². The summed E-state index contributed by atoms with van der Waals surface area (Å²) in [5, 5.41) is 12.1. The molecular formula is C17H26N2O3. The van der Waals surface area contributed by atoms with Crippen LogP contribution in [0, 0.1) is 0 Å². The first kappa shape index (κ1) is 16.6. The molecule has 0 unspecified atom stereocenters. The first-order chi connectivity index (χ1) is 10.6. The van der Waals surface area contributed by atoms with Gasteiger partial charge in [-0.2, -0.15) is 0 Å².